The van der Waals surface area contributed by atoms with E-state index in [1.54, 1.807) is 11.3 Å². The summed E-state index contributed by atoms with van der Waals surface area (Å²) in [5.41, 5.74) is 2.38. The highest BCUT2D eigenvalue weighted by atomic mass is 32.1. The molecule has 0 saturated carbocycles. The van der Waals surface area contributed by atoms with Gasteiger partial charge in [0.15, 0.2) is 0 Å². The molecular formula is C22H24F6N2O6S. The van der Waals surface area contributed by atoms with Crippen molar-refractivity contribution in [2.75, 3.05) is 13.2 Å². The van der Waals surface area contributed by atoms with Crippen molar-refractivity contribution in [3.05, 3.63) is 52.5 Å². The van der Waals surface area contributed by atoms with E-state index in [-0.39, 0.29) is 12.2 Å². The molecule has 0 amide bonds. The zero-order chi connectivity index (χ0) is 27.6. The Hall–Kier alpha value is -2.75. The van der Waals surface area contributed by atoms with Crippen molar-refractivity contribution in [2.24, 2.45) is 0 Å². The Balaban J connectivity index is 0.000000286. The van der Waals surface area contributed by atoms with Gasteiger partial charge in [-0.05, 0) is 47.4 Å². The highest BCUT2D eigenvalue weighted by Crippen LogP contribution is 2.32. The molecule has 0 aromatic carbocycles. The Bertz CT molecular complexity index is 950. The number of likely N-dealkylation sites (tertiary alicyclic amines) is 1. The molecule has 0 unspecified atom stereocenters. The van der Waals surface area contributed by atoms with E-state index in [0.717, 1.165) is 31.8 Å². The SMILES string of the molecule is O=C(O)C(F)(F)F.O=C(O)C(F)(F)F.c1ccc(CO[C@@H]2CN(Cc3ccsc3)[C@H]3CCCO[C@@H]23)nc1. The minimum atomic E-state index is -5.08. The topological polar surface area (TPSA) is 109 Å². The van der Waals surface area contributed by atoms with E-state index < -0.39 is 24.3 Å². The second kappa shape index (κ2) is 13.7. The van der Waals surface area contributed by atoms with Crippen molar-refractivity contribution >= 4 is 23.3 Å². The second-order valence-electron chi connectivity index (χ2n) is 7.88. The fraction of sp³-hybridized carbons (Fsp3) is 0.500. The number of hydrogen-bond acceptors (Lipinski definition) is 7. The second-order valence-corrected chi connectivity index (χ2v) is 8.66. The first-order valence-corrected chi connectivity index (χ1v) is 11.7. The molecule has 206 valence electrons. The molecule has 2 saturated heterocycles. The summed E-state index contributed by atoms with van der Waals surface area (Å²) in [5, 5.41) is 18.6. The number of halogens is 6. The van der Waals surface area contributed by atoms with Gasteiger partial charge in [0.05, 0.1) is 18.4 Å². The maximum atomic E-state index is 10.6. The number of rotatable bonds is 5. The third-order valence-corrected chi connectivity index (χ3v) is 5.94. The fourth-order valence-corrected chi connectivity index (χ4v) is 4.29. The maximum absolute atomic E-state index is 10.6. The van der Waals surface area contributed by atoms with Crippen LogP contribution in [-0.4, -0.2) is 75.8 Å². The van der Waals surface area contributed by atoms with Gasteiger partial charge in [-0.25, -0.2) is 9.59 Å². The minimum absolute atomic E-state index is 0.140. The van der Waals surface area contributed by atoms with Gasteiger partial charge in [0.1, 0.15) is 6.10 Å². The number of ether oxygens (including phenoxy) is 2. The van der Waals surface area contributed by atoms with E-state index >= 15 is 0 Å². The first-order valence-electron chi connectivity index (χ1n) is 10.8. The lowest BCUT2D eigenvalue weighted by atomic mass is 10.0. The number of fused-ring (bicyclic) bond motifs is 1. The van der Waals surface area contributed by atoms with Gasteiger partial charge in [-0.1, -0.05) is 6.07 Å². The van der Waals surface area contributed by atoms with Gasteiger partial charge >= 0.3 is 24.3 Å². The molecule has 15 heteroatoms. The Morgan fingerprint density at radius 2 is 1.76 bits per heavy atom. The van der Waals surface area contributed by atoms with E-state index in [1.807, 2.05) is 24.4 Å². The number of alkyl halides is 6. The molecule has 8 nitrogen and oxygen atoms in total. The van der Waals surface area contributed by atoms with E-state index in [1.165, 1.54) is 12.0 Å². The van der Waals surface area contributed by atoms with Crippen LogP contribution in [0.25, 0.3) is 0 Å². The smallest absolute Gasteiger partial charge is 0.475 e. The minimum Gasteiger partial charge on any atom is -0.475 e. The van der Waals surface area contributed by atoms with Crippen LogP contribution in [0.1, 0.15) is 24.1 Å². The van der Waals surface area contributed by atoms with Gasteiger partial charge in [-0.2, -0.15) is 37.7 Å². The van der Waals surface area contributed by atoms with Crippen LogP contribution in [-0.2, 0) is 32.2 Å². The van der Waals surface area contributed by atoms with Gasteiger partial charge in [0.2, 0.25) is 0 Å². The van der Waals surface area contributed by atoms with Crippen LogP contribution in [0.4, 0.5) is 26.3 Å². The van der Waals surface area contributed by atoms with Gasteiger partial charge in [0, 0.05) is 31.9 Å². The summed E-state index contributed by atoms with van der Waals surface area (Å²) in [6.07, 6.45) is -5.66. The summed E-state index contributed by atoms with van der Waals surface area (Å²) < 4.78 is 75.7. The lowest BCUT2D eigenvalue weighted by Crippen LogP contribution is -2.41. The number of hydrogen-bond donors (Lipinski definition) is 2. The van der Waals surface area contributed by atoms with Crippen molar-refractivity contribution in [1.82, 2.24) is 9.88 Å². The number of thiophene rings is 1. The first kappa shape index (κ1) is 30.5. The number of nitrogens with zero attached hydrogens (tertiary/aromatic N) is 2. The van der Waals surface area contributed by atoms with Gasteiger partial charge < -0.3 is 19.7 Å². The van der Waals surface area contributed by atoms with Crippen molar-refractivity contribution in [2.45, 2.75) is 56.6 Å². The highest BCUT2D eigenvalue weighted by Gasteiger charge is 2.44. The van der Waals surface area contributed by atoms with Crippen molar-refractivity contribution in [3.8, 4) is 0 Å². The Labute approximate surface area is 211 Å². The Morgan fingerprint density at radius 1 is 1.11 bits per heavy atom. The van der Waals surface area contributed by atoms with Crippen LogP contribution in [0, 0.1) is 0 Å². The predicted octanol–water partition coefficient (Wildman–Crippen LogP) is 4.36. The molecule has 4 rings (SSSR count). The third kappa shape index (κ3) is 10.3. The summed E-state index contributed by atoms with van der Waals surface area (Å²) in [6, 6.07) is 8.64. The highest BCUT2D eigenvalue weighted by molar-refractivity contribution is 7.07. The van der Waals surface area contributed by atoms with Crippen LogP contribution in [0.5, 0.6) is 0 Å². The van der Waals surface area contributed by atoms with Crippen LogP contribution in [0.2, 0.25) is 0 Å². The van der Waals surface area contributed by atoms with Crippen LogP contribution < -0.4 is 0 Å². The molecule has 0 spiro atoms. The molecule has 2 fully saturated rings. The molecule has 2 N–H and O–H groups in total. The normalized spacial score (nSPS) is 21.6. The van der Waals surface area contributed by atoms with Gasteiger partial charge in [0.25, 0.3) is 0 Å². The van der Waals surface area contributed by atoms with Crippen molar-refractivity contribution in [3.63, 3.8) is 0 Å². The Kier molecular flexibility index (Phi) is 11.3. The monoisotopic (exact) mass is 558 g/mol. The zero-order valence-corrected chi connectivity index (χ0v) is 19.9. The van der Waals surface area contributed by atoms with E-state index in [9.17, 15) is 26.3 Å². The largest absolute Gasteiger partial charge is 0.490 e. The van der Waals surface area contributed by atoms with Crippen LogP contribution in [0.3, 0.4) is 0 Å². The molecule has 0 bridgehead atoms. The molecule has 0 aliphatic carbocycles. The molecule has 4 heterocycles. The van der Waals surface area contributed by atoms with E-state index in [4.69, 9.17) is 29.3 Å². The third-order valence-electron chi connectivity index (χ3n) is 5.21. The molecule has 2 aliphatic heterocycles. The molecule has 2 aromatic rings. The van der Waals surface area contributed by atoms with Gasteiger partial charge in [-0.3, -0.25) is 9.88 Å². The van der Waals surface area contributed by atoms with Crippen LogP contribution in [0.15, 0.2) is 41.2 Å². The summed E-state index contributed by atoms with van der Waals surface area (Å²) in [4.78, 5) is 24.7. The lowest BCUT2D eigenvalue weighted by molar-refractivity contribution is -0.193. The fourth-order valence-electron chi connectivity index (χ4n) is 3.63. The molecule has 3 atom stereocenters. The molecule has 0 radical (unpaired) electrons. The quantitative estimate of drug-likeness (QED) is 0.522. The summed E-state index contributed by atoms with van der Waals surface area (Å²) in [5.74, 6) is -5.51. The van der Waals surface area contributed by atoms with E-state index in [0.29, 0.717) is 12.6 Å². The lowest BCUT2D eigenvalue weighted by Gasteiger charge is -2.32. The number of carboxylic acids is 2. The van der Waals surface area contributed by atoms with E-state index in [2.05, 4.69) is 26.7 Å². The summed E-state index contributed by atoms with van der Waals surface area (Å²) in [6.45, 7) is 3.36. The molecule has 2 aromatic heterocycles. The van der Waals surface area contributed by atoms with Crippen molar-refractivity contribution < 1.29 is 55.6 Å². The number of pyridine rings is 1. The molecule has 2 aliphatic rings. The summed E-state index contributed by atoms with van der Waals surface area (Å²) in [7, 11) is 0. The number of aromatic nitrogens is 1. The number of aliphatic carboxylic acids is 2. The molecule has 37 heavy (non-hydrogen) atoms. The number of carboxylic acid groups (broad SMARTS) is 2. The van der Waals surface area contributed by atoms with Gasteiger partial charge in [-0.15, -0.1) is 0 Å². The average Bonchev–Trinajstić information content (AvgIpc) is 3.46. The zero-order valence-electron chi connectivity index (χ0n) is 19.1. The summed E-state index contributed by atoms with van der Waals surface area (Å²) >= 11 is 1.76. The first-order chi connectivity index (χ1) is 17.3. The predicted molar refractivity (Wildman–Crippen MR) is 118 cm³/mol. The maximum Gasteiger partial charge on any atom is 0.490 e. The molecular weight excluding hydrogens is 534 g/mol. The number of carbonyl (C=O) groups is 2. The average molecular weight is 558 g/mol. The van der Waals surface area contributed by atoms with Crippen LogP contribution >= 0.6 is 11.3 Å². The Morgan fingerprint density at radius 3 is 2.27 bits per heavy atom. The van der Waals surface area contributed by atoms with Crippen molar-refractivity contribution in [1.29, 1.82) is 0 Å². The standard InChI is InChI=1S/C18H22N2O2S.2C2HF3O2/c1-2-7-19-15(4-1)12-22-17-11-20(10-14-6-9-23-13-14)16-5-3-8-21-18(16)17;2*3-2(4,5)1(6)7/h1-2,4,6-7,9,13,16-18H,3,5,8,10-12H2;2*(H,6,7)/t16-,17+,18+;;/m0../s1.